The quantitative estimate of drug-likeness (QED) is 0.369. The van der Waals surface area contributed by atoms with Gasteiger partial charge in [0.2, 0.25) is 5.89 Å². The summed E-state index contributed by atoms with van der Waals surface area (Å²) in [5.74, 6) is 2.29. The molecule has 20 heavy (non-hydrogen) atoms. The summed E-state index contributed by atoms with van der Waals surface area (Å²) in [4.78, 5) is 18.4. The monoisotopic (exact) mass is 269 g/mol. The third kappa shape index (κ3) is 2.72. The Hall–Kier alpha value is -2.94. The molecule has 0 spiro atoms. The summed E-state index contributed by atoms with van der Waals surface area (Å²) in [6.07, 6.45) is 10.4. The highest BCUT2D eigenvalue weighted by molar-refractivity contribution is 5.76. The summed E-state index contributed by atoms with van der Waals surface area (Å²) in [6.45, 7) is 1.90. The van der Waals surface area contributed by atoms with Gasteiger partial charge in [-0.05, 0) is 18.6 Å². The lowest BCUT2D eigenvalue weighted by Crippen LogP contribution is -1.96. The zero-order chi connectivity index (χ0) is 14.5. The number of hydrogen-bond acceptors (Lipinski definition) is 5. The van der Waals surface area contributed by atoms with Gasteiger partial charge in [0.25, 0.3) is 0 Å². The highest BCUT2D eigenvalue weighted by Gasteiger charge is 2.14. The standard InChI is InChI=1S/C14H11N3O3/c1-3-6-10(9-11(4-2)17(18)19)14-16-13-12(20-14)7-5-8-15-13/h2,5-9H,3H2,1H3/b10-6+,11-9+. The maximum Gasteiger partial charge on any atom is 0.320 e. The zero-order valence-electron chi connectivity index (χ0n) is 10.7. The van der Waals surface area contributed by atoms with Crippen LogP contribution in [-0.4, -0.2) is 14.9 Å². The summed E-state index contributed by atoms with van der Waals surface area (Å²) in [5.41, 5.74) is 1.08. The van der Waals surface area contributed by atoms with E-state index in [4.69, 9.17) is 10.8 Å². The van der Waals surface area contributed by atoms with Crippen LogP contribution < -0.4 is 0 Å². The predicted octanol–water partition coefficient (Wildman–Crippen LogP) is 2.81. The Morgan fingerprint density at radius 1 is 1.65 bits per heavy atom. The molecule has 2 rings (SSSR count). The summed E-state index contributed by atoms with van der Waals surface area (Å²) in [6, 6.07) is 3.45. The van der Waals surface area contributed by atoms with Crippen molar-refractivity contribution < 1.29 is 9.34 Å². The number of nitro groups is 1. The molecule has 0 N–H and O–H groups in total. The molecular weight excluding hydrogens is 258 g/mol. The third-order valence-electron chi connectivity index (χ3n) is 2.47. The van der Waals surface area contributed by atoms with Crippen molar-refractivity contribution in [2.75, 3.05) is 0 Å². The minimum absolute atomic E-state index is 0.259. The van der Waals surface area contributed by atoms with Crippen LogP contribution in [0.4, 0.5) is 0 Å². The Kier molecular flexibility index (Phi) is 3.91. The lowest BCUT2D eigenvalue weighted by atomic mass is 10.2. The summed E-state index contributed by atoms with van der Waals surface area (Å²) >= 11 is 0. The second-order valence-corrected chi connectivity index (χ2v) is 3.84. The number of nitrogens with zero attached hydrogens (tertiary/aromatic N) is 3. The van der Waals surface area contributed by atoms with Crippen LogP contribution in [0.2, 0.25) is 0 Å². The zero-order valence-corrected chi connectivity index (χ0v) is 10.7. The van der Waals surface area contributed by atoms with Crippen molar-refractivity contribution in [1.82, 2.24) is 9.97 Å². The molecule has 0 saturated carbocycles. The smallest absolute Gasteiger partial charge is 0.320 e. The van der Waals surface area contributed by atoms with E-state index in [9.17, 15) is 10.1 Å². The predicted molar refractivity (Wildman–Crippen MR) is 74.0 cm³/mol. The molecule has 0 radical (unpaired) electrons. The van der Waals surface area contributed by atoms with Gasteiger partial charge in [0.05, 0.1) is 4.92 Å². The molecule has 0 amide bonds. The lowest BCUT2D eigenvalue weighted by Gasteiger charge is -1.95. The molecular formula is C14H11N3O3. The van der Waals surface area contributed by atoms with Gasteiger partial charge in [-0.15, -0.1) is 6.42 Å². The average Bonchev–Trinajstić information content (AvgIpc) is 2.86. The van der Waals surface area contributed by atoms with Crippen molar-refractivity contribution in [2.45, 2.75) is 13.3 Å². The second kappa shape index (κ2) is 5.80. The van der Waals surface area contributed by atoms with Crippen molar-refractivity contribution in [3.05, 3.63) is 52.2 Å². The Labute approximate surface area is 115 Å². The van der Waals surface area contributed by atoms with Crippen LogP contribution in [0.25, 0.3) is 16.8 Å². The minimum atomic E-state index is -0.621. The van der Waals surface area contributed by atoms with Crippen molar-refractivity contribution in [3.8, 4) is 12.3 Å². The van der Waals surface area contributed by atoms with E-state index in [0.717, 1.165) is 0 Å². The molecule has 6 nitrogen and oxygen atoms in total. The molecule has 0 unspecified atom stereocenters. The molecule has 0 aliphatic carbocycles. The van der Waals surface area contributed by atoms with Crippen LogP contribution in [0.15, 0.2) is 40.6 Å². The summed E-state index contributed by atoms with van der Waals surface area (Å²) < 4.78 is 5.53. The molecule has 0 aromatic carbocycles. The first-order chi connectivity index (χ1) is 9.65. The van der Waals surface area contributed by atoms with Gasteiger partial charge in [-0.2, -0.15) is 4.98 Å². The Bertz CT molecular complexity index is 717. The second-order valence-electron chi connectivity index (χ2n) is 3.84. The van der Waals surface area contributed by atoms with Gasteiger partial charge < -0.3 is 4.42 Å². The normalized spacial score (nSPS) is 12.4. The van der Waals surface area contributed by atoms with Gasteiger partial charge in [0.15, 0.2) is 11.2 Å². The number of rotatable bonds is 4. The highest BCUT2D eigenvalue weighted by atomic mass is 16.6. The van der Waals surface area contributed by atoms with E-state index in [0.29, 0.717) is 23.2 Å². The molecule has 2 aromatic heterocycles. The van der Waals surface area contributed by atoms with Gasteiger partial charge in [-0.1, -0.05) is 13.0 Å². The van der Waals surface area contributed by atoms with E-state index < -0.39 is 4.92 Å². The summed E-state index contributed by atoms with van der Waals surface area (Å²) in [7, 11) is 0. The molecule has 100 valence electrons. The molecule has 2 aromatic rings. The fourth-order valence-corrected chi connectivity index (χ4v) is 1.61. The van der Waals surface area contributed by atoms with Crippen molar-refractivity contribution in [3.63, 3.8) is 0 Å². The van der Waals surface area contributed by atoms with Crippen molar-refractivity contribution in [2.24, 2.45) is 0 Å². The van der Waals surface area contributed by atoms with Crippen LogP contribution in [-0.2, 0) is 0 Å². The van der Waals surface area contributed by atoms with Crippen LogP contribution in [0.5, 0.6) is 0 Å². The van der Waals surface area contributed by atoms with E-state index in [1.165, 1.54) is 6.08 Å². The fourth-order valence-electron chi connectivity index (χ4n) is 1.61. The Morgan fingerprint density at radius 3 is 3.05 bits per heavy atom. The van der Waals surface area contributed by atoms with Crippen LogP contribution in [0.3, 0.4) is 0 Å². The molecule has 6 heteroatoms. The topological polar surface area (TPSA) is 82.1 Å². The van der Waals surface area contributed by atoms with Crippen LogP contribution in [0.1, 0.15) is 19.2 Å². The van der Waals surface area contributed by atoms with Gasteiger partial charge in [-0.25, -0.2) is 4.98 Å². The van der Waals surface area contributed by atoms with Crippen LogP contribution >= 0.6 is 0 Å². The number of pyridine rings is 1. The third-order valence-corrected chi connectivity index (χ3v) is 2.47. The largest absolute Gasteiger partial charge is 0.434 e. The number of allylic oxidation sites excluding steroid dienone is 4. The highest BCUT2D eigenvalue weighted by Crippen LogP contribution is 2.22. The number of oxazole rings is 1. The average molecular weight is 269 g/mol. The molecule has 2 heterocycles. The SMILES string of the molecule is C#C/C(=C\C(=C/CC)c1nc2ncccc2o1)[N+](=O)[O-]. The Morgan fingerprint density at radius 2 is 2.45 bits per heavy atom. The molecule has 0 aliphatic rings. The Balaban J connectivity index is 2.52. The molecule has 0 fully saturated rings. The molecule has 0 saturated heterocycles. The minimum Gasteiger partial charge on any atom is -0.434 e. The van der Waals surface area contributed by atoms with Gasteiger partial charge in [0.1, 0.15) is 0 Å². The van der Waals surface area contributed by atoms with Crippen molar-refractivity contribution >= 4 is 16.8 Å². The summed E-state index contributed by atoms with van der Waals surface area (Å²) in [5, 5.41) is 10.8. The molecule has 0 bridgehead atoms. The first-order valence-electron chi connectivity index (χ1n) is 5.90. The van der Waals surface area contributed by atoms with Crippen LogP contribution in [0, 0.1) is 22.5 Å². The van der Waals surface area contributed by atoms with Gasteiger partial charge >= 0.3 is 5.70 Å². The van der Waals surface area contributed by atoms with E-state index >= 15 is 0 Å². The van der Waals surface area contributed by atoms with Gasteiger partial charge in [0, 0.05) is 23.8 Å². The van der Waals surface area contributed by atoms with E-state index in [2.05, 4.69) is 9.97 Å². The molecule has 0 aliphatic heterocycles. The number of aromatic nitrogens is 2. The van der Waals surface area contributed by atoms with E-state index in [1.54, 1.807) is 24.4 Å². The number of fused-ring (bicyclic) bond motifs is 1. The number of hydrogen-bond donors (Lipinski definition) is 0. The first kappa shape index (κ1) is 13.5. The lowest BCUT2D eigenvalue weighted by molar-refractivity contribution is -0.417. The number of terminal acetylenes is 1. The maximum atomic E-state index is 10.8. The van der Waals surface area contributed by atoms with E-state index in [-0.39, 0.29) is 11.6 Å². The molecule has 0 atom stereocenters. The first-order valence-corrected chi connectivity index (χ1v) is 5.90. The van der Waals surface area contributed by atoms with E-state index in [1.807, 2.05) is 12.8 Å². The van der Waals surface area contributed by atoms with Gasteiger partial charge in [-0.3, -0.25) is 10.1 Å². The van der Waals surface area contributed by atoms with Crippen molar-refractivity contribution in [1.29, 1.82) is 0 Å². The maximum absolute atomic E-state index is 10.8. The fraction of sp³-hybridized carbons (Fsp3) is 0.143.